The summed E-state index contributed by atoms with van der Waals surface area (Å²) in [6, 6.07) is 0. The smallest absolute Gasteiger partial charge is 0.374 e. The fourth-order valence-electron chi connectivity index (χ4n) is 8.93. The fourth-order valence-corrected chi connectivity index (χ4v) is 10.3. The number of hydrogen-bond donors (Lipinski definition) is 0. The van der Waals surface area contributed by atoms with Crippen molar-refractivity contribution in [2.75, 3.05) is 7.11 Å². The van der Waals surface area contributed by atoms with Crippen LogP contribution in [0.3, 0.4) is 0 Å². The van der Waals surface area contributed by atoms with E-state index in [1.165, 1.54) is 52.1 Å². The van der Waals surface area contributed by atoms with Crippen LogP contribution in [0.25, 0.3) is 0 Å². The molecule has 0 aliphatic heterocycles. The van der Waals surface area contributed by atoms with E-state index in [1.807, 2.05) is 0 Å². The third-order valence-corrected chi connectivity index (χ3v) is 16.5. The van der Waals surface area contributed by atoms with Gasteiger partial charge in [-0.15, -0.1) is 0 Å². The minimum atomic E-state index is -1.76. The molecule has 0 N–H and O–H groups in total. The highest BCUT2D eigenvalue weighted by molar-refractivity contribution is 6.74. The second kappa shape index (κ2) is 9.66. The molecule has 0 aromatic carbocycles. The summed E-state index contributed by atoms with van der Waals surface area (Å²) in [5.74, 6) is 1.96. The van der Waals surface area contributed by atoms with Crippen LogP contribution < -0.4 is 0 Å². The number of fused-ring (bicyclic) bond motifs is 5. The first kappa shape index (κ1) is 28.1. The monoisotopic (exact) mass is 516 g/mol. The summed E-state index contributed by atoms with van der Waals surface area (Å²) < 4.78 is 11.6. The Morgan fingerprint density at radius 3 is 2.42 bits per heavy atom. The largest absolute Gasteiger partial charge is 0.463 e. The fraction of sp³-hybridized carbons (Fsp3) is 0.871. The highest BCUT2D eigenvalue weighted by Gasteiger charge is 2.59. The summed E-state index contributed by atoms with van der Waals surface area (Å²) in [6.07, 6.45) is 13.2. The lowest BCUT2D eigenvalue weighted by molar-refractivity contribution is -0.152. The SMILES string of the molecule is COC(=O)C(=O)C[C@@H](C)[C@H]1CC[C@H]2[C@@H]3CC=C4CC(O[Si](C)(C)C(C)(C)C)CC[C@]4(C)[C@H]3CC[C@]12C. The third-order valence-electron chi connectivity index (χ3n) is 12.0. The maximum atomic E-state index is 12.3. The van der Waals surface area contributed by atoms with Crippen LogP contribution in [0.2, 0.25) is 18.1 Å². The Morgan fingerprint density at radius 1 is 1.08 bits per heavy atom. The van der Waals surface area contributed by atoms with Crippen molar-refractivity contribution in [2.24, 2.45) is 40.4 Å². The predicted molar refractivity (Wildman–Crippen MR) is 148 cm³/mol. The van der Waals surface area contributed by atoms with E-state index >= 15 is 0 Å². The number of Topliss-reactive ketones (excluding diaryl/α,β-unsaturated/α-hetero) is 1. The second-order valence-corrected chi connectivity index (χ2v) is 19.6. The Balaban J connectivity index is 1.48. The summed E-state index contributed by atoms with van der Waals surface area (Å²) in [7, 11) is -0.452. The molecule has 0 aromatic heterocycles. The number of allylic oxidation sites excluding steroid dienone is 1. The van der Waals surface area contributed by atoms with E-state index in [1.54, 1.807) is 5.57 Å². The van der Waals surface area contributed by atoms with Gasteiger partial charge in [-0.3, -0.25) is 4.79 Å². The summed E-state index contributed by atoms with van der Waals surface area (Å²) in [5, 5.41) is 0.255. The average molecular weight is 517 g/mol. The molecule has 4 rings (SSSR count). The van der Waals surface area contributed by atoms with E-state index in [2.05, 4.69) is 65.4 Å². The zero-order valence-electron chi connectivity index (χ0n) is 24.5. The van der Waals surface area contributed by atoms with Crippen molar-refractivity contribution in [1.29, 1.82) is 0 Å². The maximum Gasteiger partial charge on any atom is 0.374 e. The van der Waals surface area contributed by atoms with Crippen LogP contribution in [0.1, 0.15) is 99.3 Å². The van der Waals surface area contributed by atoms with E-state index in [0.717, 1.165) is 24.2 Å². The number of carbonyl (C=O) groups excluding carboxylic acids is 2. The number of ether oxygens (including phenoxy) is 1. The first-order valence-corrected chi connectivity index (χ1v) is 17.5. The molecule has 0 spiro atoms. The number of methoxy groups -OCH3 is 1. The Labute approximate surface area is 221 Å². The summed E-state index contributed by atoms with van der Waals surface area (Å²) in [5.41, 5.74) is 2.29. The van der Waals surface area contributed by atoms with Crippen molar-refractivity contribution in [3.8, 4) is 0 Å². The number of ketones is 1. The molecular formula is C31H52O4Si. The molecule has 0 radical (unpaired) electrons. The molecule has 36 heavy (non-hydrogen) atoms. The van der Waals surface area contributed by atoms with Gasteiger partial charge in [0.15, 0.2) is 8.32 Å². The third kappa shape index (κ3) is 4.70. The van der Waals surface area contributed by atoms with Gasteiger partial charge in [0.2, 0.25) is 5.78 Å². The molecule has 0 amide bonds. The van der Waals surface area contributed by atoms with Gasteiger partial charge in [-0.25, -0.2) is 4.79 Å². The summed E-state index contributed by atoms with van der Waals surface area (Å²) in [6.45, 7) is 19.1. The van der Waals surface area contributed by atoms with Gasteiger partial charge in [0.1, 0.15) is 0 Å². The zero-order chi connectivity index (χ0) is 26.7. The molecule has 0 aromatic rings. The van der Waals surface area contributed by atoms with Gasteiger partial charge in [0, 0.05) is 12.5 Å². The molecule has 5 heteroatoms. The lowest BCUT2D eigenvalue weighted by Crippen LogP contribution is -2.52. The molecule has 4 aliphatic carbocycles. The topological polar surface area (TPSA) is 52.6 Å². The molecule has 3 saturated carbocycles. The van der Waals surface area contributed by atoms with Crippen LogP contribution in [0.4, 0.5) is 0 Å². The highest BCUT2D eigenvalue weighted by atomic mass is 28.4. The van der Waals surface area contributed by atoms with Crippen LogP contribution >= 0.6 is 0 Å². The quantitative estimate of drug-likeness (QED) is 0.157. The van der Waals surface area contributed by atoms with E-state index in [4.69, 9.17) is 4.43 Å². The molecule has 4 nitrogen and oxygen atoms in total. The van der Waals surface area contributed by atoms with E-state index in [9.17, 15) is 9.59 Å². The molecule has 0 heterocycles. The number of esters is 1. The van der Waals surface area contributed by atoms with Crippen LogP contribution in [0.15, 0.2) is 11.6 Å². The van der Waals surface area contributed by atoms with Gasteiger partial charge < -0.3 is 9.16 Å². The van der Waals surface area contributed by atoms with Crippen molar-refractivity contribution >= 4 is 20.1 Å². The minimum Gasteiger partial charge on any atom is -0.463 e. The molecule has 0 saturated heterocycles. The van der Waals surface area contributed by atoms with E-state index in [0.29, 0.717) is 23.9 Å². The summed E-state index contributed by atoms with van der Waals surface area (Å²) >= 11 is 0. The molecule has 8 atom stereocenters. The molecule has 204 valence electrons. The maximum absolute atomic E-state index is 12.3. The van der Waals surface area contributed by atoms with E-state index in [-0.39, 0.29) is 22.2 Å². The van der Waals surface area contributed by atoms with Crippen LogP contribution in [0, 0.1) is 40.4 Å². The van der Waals surface area contributed by atoms with Gasteiger partial charge in [0.05, 0.1) is 7.11 Å². The van der Waals surface area contributed by atoms with Gasteiger partial charge in [-0.1, -0.05) is 53.2 Å². The number of carbonyl (C=O) groups is 2. The van der Waals surface area contributed by atoms with Gasteiger partial charge in [-0.2, -0.15) is 0 Å². The van der Waals surface area contributed by atoms with Crippen molar-refractivity contribution in [1.82, 2.24) is 0 Å². The van der Waals surface area contributed by atoms with Crippen molar-refractivity contribution in [3.05, 3.63) is 11.6 Å². The van der Waals surface area contributed by atoms with Crippen LogP contribution in [0.5, 0.6) is 0 Å². The Morgan fingerprint density at radius 2 is 1.78 bits per heavy atom. The van der Waals surface area contributed by atoms with Crippen LogP contribution in [-0.4, -0.2) is 33.3 Å². The van der Waals surface area contributed by atoms with Gasteiger partial charge in [0.25, 0.3) is 0 Å². The second-order valence-electron chi connectivity index (χ2n) is 14.8. The lowest BCUT2D eigenvalue weighted by Gasteiger charge is -2.59. The van der Waals surface area contributed by atoms with Crippen molar-refractivity contribution in [2.45, 2.75) is 124 Å². The molecular weight excluding hydrogens is 464 g/mol. The predicted octanol–water partition coefficient (Wildman–Crippen LogP) is 7.72. The van der Waals surface area contributed by atoms with Gasteiger partial charge in [-0.05, 0) is 110 Å². The van der Waals surface area contributed by atoms with Crippen LogP contribution in [-0.2, 0) is 18.8 Å². The molecule has 4 aliphatic rings. The normalized spacial score (nSPS) is 39.4. The zero-order valence-corrected chi connectivity index (χ0v) is 25.5. The van der Waals surface area contributed by atoms with E-state index < -0.39 is 14.3 Å². The van der Waals surface area contributed by atoms with Crippen molar-refractivity contribution in [3.63, 3.8) is 0 Å². The molecule has 0 bridgehead atoms. The van der Waals surface area contributed by atoms with Gasteiger partial charge >= 0.3 is 5.97 Å². The first-order valence-electron chi connectivity index (χ1n) is 14.6. The Kier molecular flexibility index (Phi) is 7.54. The standard InChI is InChI=1S/C31H52O4Si/c1-20(18-27(32)28(33)34-7)24-12-13-25-23-11-10-21-19-22(35-36(8,9)29(2,3)4)14-16-30(21,5)26(23)15-17-31(24,25)6/h10,20,22-26H,11-19H2,1-9H3/t20-,22?,23+,24-,25+,26+,30+,31-/m1/s1. The number of hydrogen-bond acceptors (Lipinski definition) is 4. The Hall–Kier alpha value is -0.943. The first-order chi connectivity index (χ1) is 16.6. The molecule has 3 fully saturated rings. The molecule has 1 unspecified atom stereocenters. The minimum absolute atomic E-state index is 0.233. The Bertz CT molecular complexity index is 901. The number of rotatable bonds is 6. The lowest BCUT2D eigenvalue weighted by atomic mass is 9.47. The average Bonchev–Trinajstić information content (AvgIpc) is 3.15. The summed E-state index contributed by atoms with van der Waals surface area (Å²) in [4.78, 5) is 24.1. The highest BCUT2D eigenvalue weighted by Crippen LogP contribution is 2.67. The van der Waals surface area contributed by atoms with Crippen molar-refractivity contribution < 1.29 is 18.8 Å².